The molecule has 90 valence electrons. The summed E-state index contributed by atoms with van der Waals surface area (Å²) in [4.78, 5) is 11.6. The Bertz CT molecular complexity index is 391. The van der Waals surface area contributed by atoms with E-state index in [1.54, 1.807) is 24.9 Å². The van der Waals surface area contributed by atoms with Crippen molar-refractivity contribution in [2.75, 3.05) is 14.2 Å². The summed E-state index contributed by atoms with van der Waals surface area (Å²) in [5, 5.41) is 7.62. The lowest BCUT2D eigenvalue weighted by Gasteiger charge is -2.26. The molecule has 0 spiro atoms. The SMILES string of the molecule is CNC(C)(Cn1ncc(Cl)c1C)C(=O)OC. The molecule has 0 aromatic carbocycles. The Kier molecular flexibility index (Phi) is 3.93. The van der Waals surface area contributed by atoms with E-state index in [0.29, 0.717) is 11.6 Å². The van der Waals surface area contributed by atoms with Crippen molar-refractivity contribution in [1.29, 1.82) is 0 Å². The number of ether oxygens (including phenoxy) is 1. The molecule has 16 heavy (non-hydrogen) atoms. The van der Waals surface area contributed by atoms with E-state index < -0.39 is 5.54 Å². The summed E-state index contributed by atoms with van der Waals surface area (Å²) in [5.74, 6) is -0.332. The number of carbonyl (C=O) groups excluding carboxylic acids is 1. The molecule has 0 aliphatic carbocycles. The van der Waals surface area contributed by atoms with Gasteiger partial charge in [0.1, 0.15) is 5.54 Å². The summed E-state index contributed by atoms with van der Waals surface area (Å²) in [6.45, 7) is 3.98. The number of methoxy groups -OCH3 is 1. The van der Waals surface area contributed by atoms with Crippen LogP contribution in [0.15, 0.2) is 6.20 Å². The first kappa shape index (κ1) is 13.0. The lowest BCUT2D eigenvalue weighted by Crippen LogP contribution is -2.51. The van der Waals surface area contributed by atoms with Crippen molar-refractivity contribution in [2.24, 2.45) is 0 Å². The molecule has 1 heterocycles. The first-order valence-corrected chi connectivity index (χ1v) is 5.27. The van der Waals surface area contributed by atoms with Gasteiger partial charge in [-0.25, -0.2) is 4.79 Å². The molecule has 1 aromatic rings. The predicted octanol–water partition coefficient (Wildman–Crippen LogP) is 0.996. The van der Waals surface area contributed by atoms with Gasteiger partial charge >= 0.3 is 5.97 Å². The number of rotatable bonds is 4. The monoisotopic (exact) mass is 245 g/mol. The zero-order valence-electron chi connectivity index (χ0n) is 9.87. The van der Waals surface area contributed by atoms with Crippen LogP contribution in [-0.4, -0.2) is 35.4 Å². The van der Waals surface area contributed by atoms with E-state index in [0.717, 1.165) is 5.69 Å². The number of likely N-dealkylation sites (N-methyl/N-ethyl adjacent to an activating group) is 1. The largest absolute Gasteiger partial charge is 0.468 e. The van der Waals surface area contributed by atoms with Crippen LogP contribution in [0.4, 0.5) is 0 Å². The van der Waals surface area contributed by atoms with Gasteiger partial charge in [-0.2, -0.15) is 5.10 Å². The first-order chi connectivity index (χ1) is 7.44. The van der Waals surface area contributed by atoms with Crippen molar-refractivity contribution in [3.05, 3.63) is 16.9 Å². The van der Waals surface area contributed by atoms with Crippen molar-refractivity contribution in [3.63, 3.8) is 0 Å². The highest BCUT2D eigenvalue weighted by atomic mass is 35.5. The molecule has 1 atom stereocenters. The van der Waals surface area contributed by atoms with Crippen LogP contribution in [0.5, 0.6) is 0 Å². The van der Waals surface area contributed by atoms with E-state index in [4.69, 9.17) is 16.3 Å². The molecule has 6 heteroatoms. The third kappa shape index (κ3) is 2.36. The first-order valence-electron chi connectivity index (χ1n) is 4.90. The molecule has 1 rings (SSSR count). The fourth-order valence-corrected chi connectivity index (χ4v) is 1.49. The summed E-state index contributed by atoms with van der Waals surface area (Å²) >= 11 is 5.89. The van der Waals surface area contributed by atoms with Crippen LogP contribution in [0.2, 0.25) is 5.02 Å². The Labute approximate surface area is 99.7 Å². The number of hydrogen-bond donors (Lipinski definition) is 1. The third-order valence-electron chi connectivity index (χ3n) is 2.70. The number of nitrogens with one attached hydrogen (secondary N) is 1. The average Bonchev–Trinajstić information content (AvgIpc) is 2.59. The van der Waals surface area contributed by atoms with E-state index in [1.165, 1.54) is 7.11 Å². The van der Waals surface area contributed by atoms with E-state index in [-0.39, 0.29) is 5.97 Å². The predicted molar refractivity (Wildman–Crippen MR) is 61.5 cm³/mol. The zero-order chi connectivity index (χ0) is 12.3. The van der Waals surface area contributed by atoms with Crippen molar-refractivity contribution in [1.82, 2.24) is 15.1 Å². The van der Waals surface area contributed by atoms with Crippen LogP contribution in [-0.2, 0) is 16.1 Å². The fraction of sp³-hybridized carbons (Fsp3) is 0.600. The Hall–Kier alpha value is -1.07. The van der Waals surface area contributed by atoms with Crippen LogP contribution >= 0.6 is 11.6 Å². The van der Waals surface area contributed by atoms with Gasteiger partial charge in [-0.3, -0.25) is 4.68 Å². The number of nitrogens with zero attached hydrogens (tertiary/aromatic N) is 2. The van der Waals surface area contributed by atoms with Crippen molar-refractivity contribution in [2.45, 2.75) is 25.9 Å². The third-order valence-corrected chi connectivity index (χ3v) is 3.07. The van der Waals surface area contributed by atoms with E-state index in [9.17, 15) is 4.79 Å². The van der Waals surface area contributed by atoms with Crippen LogP contribution in [0.3, 0.4) is 0 Å². The number of halogens is 1. The van der Waals surface area contributed by atoms with Gasteiger partial charge in [0.05, 0.1) is 30.6 Å². The molecule has 0 aliphatic heterocycles. The average molecular weight is 246 g/mol. The number of hydrogen-bond acceptors (Lipinski definition) is 4. The lowest BCUT2D eigenvalue weighted by atomic mass is 10.0. The molecule has 1 aromatic heterocycles. The summed E-state index contributed by atoms with van der Waals surface area (Å²) in [5.41, 5.74) is 0.0153. The summed E-state index contributed by atoms with van der Waals surface area (Å²) in [6, 6.07) is 0. The maximum atomic E-state index is 11.6. The summed E-state index contributed by atoms with van der Waals surface area (Å²) in [7, 11) is 3.07. The van der Waals surface area contributed by atoms with Gasteiger partial charge in [0.2, 0.25) is 0 Å². The van der Waals surface area contributed by atoms with Crippen molar-refractivity contribution < 1.29 is 9.53 Å². The fourth-order valence-electron chi connectivity index (χ4n) is 1.35. The van der Waals surface area contributed by atoms with Gasteiger partial charge in [0.15, 0.2) is 0 Å². The summed E-state index contributed by atoms with van der Waals surface area (Å²) in [6.07, 6.45) is 1.56. The smallest absolute Gasteiger partial charge is 0.327 e. The highest BCUT2D eigenvalue weighted by Crippen LogP contribution is 2.17. The van der Waals surface area contributed by atoms with Gasteiger partial charge in [-0.15, -0.1) is 0 Å². The van der Waals surface area contributed by atoms with Gasteiger partial charge in [-0.05, 0) is 20.9 Å². The molecule has 5 nitrogen and oxygen atoms in total. The number of aromatic nitrogens is 2. The van der Waals surface area contributed by atoms with Crippen LogP contribution in [0.25, 0.3) is 0 Å². The van der Waals surface area contributed by atoms with E-state index in [1.807, 2.05) is 6.92 Å². The molecular weight excluding hydrogens is 230 g/mol. The van der Waals surface area contributed by atoms with Crippen LogP contribution in [0, 0.1) is 6.92 Å². The molecule has 0 fully saturated rings. The quantitative estimate of drug-likeness (QED) is 0.804. The Morgan fingerprint density at radius 2 is 2.38 bits per heavy atom. The molecule has 0 amide bonds. The minimum atomic E-state index is -0.811. The highest BCUT2D eigenvalue weighted by molar-refractivity contribution is 6.31. The standard InChI is InChI=1S/C10H16ClN3O2/c1-7-8(11)5-13-14(7)6-10(2,12-3)9(15)16-4/h5,12H,6H2,1-4H3. The van der Waals surface area contributed by atoms with Crippen molar-refractivity contribution >= 4 is 17.6 Å². The molecular formula is C10H16ClN3O2. The Morgan fingerprint density at radius 1 is 1.75 bits per heavy atom. The van der Waals surface area contributed by atoms with Gasteiger partial charge in [-0.1, -0.05) is 11.6 Å². The molecule has 0 radical (unpaired) electrons. The van der Waals surface area contributed by atoms with Gasteiger partial charge in [0, 0.05) is 0 Å². The number of esters is 1. The molecule has 1 N–H and O–H groups in total. The molecule has 1 unspecified atom stereocenters. The van der Waals surface area contributed by atoms with Crippen LogP contribution < -0.4 is 5.32 Å². The maximum absolute atomic E-state index is 11.6. The van der Waals surface area contributed by atoms with E-state index in [2.05, 4.69) is 10.4 Å². The lowest BCUT2D eigenvalue weighted by molar-refractivity contribution is -0.148. The molecule has 0 saturated heterocycles. The minimum absolute atomic E-state index is 0.332. The molecule has 0 saturated carbocycles. The zero-order valence-corrected chi connectivity index (χ0v) is 10.6. The normalized spacial score (nSPS) is 14.6. The summed E-state index contributed by atoms with van der Waals surface area (Å²) < 4.78 is 6.43. The molecule has 0 bridgehead atoms. The highest BCUT2D eigenvalue weighted by Gasteiger charge is 2.33. The Balaban J connectivity index is 2.93. The van der Waals surface area contributed by atoms with E-state index >= 15 is 0 Å². The second kappa shape index (κ2) is 4.84. The molecule has 0 aliphatic rings. The van der Waals surface area contributed by atoms with Crippen molar-refractivity contribution in [3.8, 4) is 0 Å². The van der Waals surface area contributed by atoms with Crippen LogP contribution in [0.1, 0.15) is 12.6 Å². The topological polar surface area (TPSA) is 56.2 Å². The Morgan fingerprint density at radius 3 is 2.75 bits per heavy atom. The second-order valence-electron chi connectivity index (χ2n) is 3.81. The van der Waals surface area contributed by atoms with Gasteiger partial charge in [0.25, 0.3) is 0 Å². The second-order valence-corrected chi connectivity index (χ2v) is 4.22. The van der Waals surface area contributed by atoms with Gasteiger partial charge < -0.3 is 10.1 Å². The minimum Gasteiger partial charge on any atom is -0.468 e. The number of carbonyl (C=O) groups is 1. The maximum Gasteiger partial charge on any atom is 0.327 e.